The summed E-state index contributed by atoms with van der Waals surface area (Å²) in [5.41, 5.74) is 0.184. The molecular formula is C11H12ClNO4S. The van der Waals surface area contributed by atoms with Crippen molar-refractivity contribution in [3.8, 4) is 0 Å². The Kier molecular flexibility index (Phi) is 5.46. The molecule has 0 unspecified atom stereocenters. The molecular weight excluding hydrogens is 278 g/mol. The van der Waals surface area contributed by atoms with E-state index >= 15 is 0 Å². The molecule has 18 heavy (non-hydrogen) atoms. The second-order valence-corrected chi connectivity index (χ2v) is 4.68. The van der Waals surface area contributed by atoms with Crippen LogP contribution in [-0.4, -0.2) is 41.0 Å². The predicted molar refractivity (Wildman–Crippen MR) is 69.2 cm³/mol. The maximum Gasteiger partial charge on any atom is 0.328 e. The molecule has 1 rings (SSSR count). The molecule has 0 aliphatic carbocycles. The van der Waals surface area contributed by atoms with Gasteiger partial charge in [0.05, 0.1) is 17.2 Å². The fourth-order valence-corrected chi connectivity index (χ4v) is 1.87. The molecule has 7 heteroatoms. The first-order valence-electron chi connectivity index (χ1n) is 4.97. The highest BCUT2D eigenvalue weighted by atomic mass is 35.5. The summed E-state index contributed by atoms with van der Waals surface area (Å²) in [6, 6.07) is 3.55. The quantitative estimate of drug-likeness (QED) is 0.710. The summed E-state index contributed by atoms with van der Waals surface area (Å²) in [6.45, 7) is -0.680. The van der Waals surface area contributed by atoms with Crippen molar-refractivity contribution in [1.82, 2.24) is 5.32 Å². The molecule has 0 aromatic heterocycles. The van der Waals surface area contributed by atoms with Crippen molar-refractivity contribution in [2.75, 3.05) is 12.9 Å². The van der Waals surface area contributed by atoms with Crippen LogP contribution in [0.5, 0.6) is 0 Å². The molecule has 1 aromatic carbocycles. The third-order valence-electron chi connectivity index (χ3n) is 2.20. The first kappa shape index (κ1) is 14.8. The predicted octanol–water partition coefficient (Wildman–Crippen LogP) is 1.24. The molecule has 0 aliphatic rings. The Bertz CT molecular complexity index is 466. The number of nitrogens with one attached hydrogen (secondary N) is 1. The number of hydrogen-bond acceptors (Lipinski definition) is 4. The molecule has 0 saturated carbocycles. The van der Waals surface area contributed by atoms with Gasteiger partial charge in [0, 0.05) is 4.90 Å². The molecule has 0 fully saturated rings. The highest BCUT2D eigenvalue weighted by Crippen LogP contribution is 2.22. The lowest BCUT2D eigenvalue weighted by Crippen LogP contribution is -2.43. The normalized spacial score (nSPS) is 11.9. The number of aliphatic hydroxyl groups is 1. The number of benzene rings is 1. The van der Waals surface area contributed by atoms with Crippen LogP contribution in [0.2, 0.25) is 5.02 Å². The molecule has 0 radical (unpaired) electrons. The van der Waals surface area contributed by atoms with Crippen LogP contribution in [0.4, 0.5) is 0 Å². The summed E-state index contributed by atoms with van der Waals surface area (Å²) in [4.78, 5) is 23.4. The Morgan fingerprint density at radius 2 is 2.17 bits per heavy atom. The minimum Gasteiger partial charge on any atom is -0.480 e. The summed E-state index contributed by atoms with van der Waals surface area (Å²) < 4.78 is 0. The Labute approximate surface area is 113 Å². The van der Waals surface area contributed by atoms with Crippen molar-refractivity contribution in [2.24, 2.45) is 0 Å². The van der Waals surface area contributed by atoms with E-state index in [9.17, 15) is 9.59 Å². The number of halogens is 1. The van der Waals surface area contributed by atoms with Crippen LogP contribution < -0.4 is 5.32 Å². The second-order valence-electron chi connectivity index (χ2n) is 3.39. The van der Waals surface area contributed by atoms with E-state index in [1.807, 2.05) is 6.26 Å². The summed E-state index contributed by atoms with van der Waals surface area (Å²) >= 11 is 7.31. The number of aliphatic carboxylic acids is 1. The van der Waals surface area contributed by atoms with Gasteiger partial charge in [0.1, 0.15) is 0 Å². The molecule has 0 aliphatic heterocycles. The van der Waals surface area contributed by atoms with Gasteiger partial charge < -0.3 is 15.5 Å². The van der Waals surface area contributed by atoms with Crippen LogP contribution in [-0.2, 0) is 4.79 Å². The molecule has 0 heterocycles. The Morgan fingerprint density at radius 1 is 1.50 bits per heavy atom. The van der Waals surface area contributed by atoms with Crippen LogP contribution in [0.25, 0.3) is 0 Å². The van der Waals surface area contributed by atoms with Crippen molar-refractivity contribution in [3.63, 3.8) is 0 Å². The second kappa shape index (κ2) is 6.63. The summed E-state index contributed by atoms with van der Waals surface area (Å²) in [5.74, 6) is -1.93. The fraction of sp³-hybridized carbons (Fsp3) is 0.273. The van der Waals surface area contributed by atoms with Gasteiger partial charge in [-0.05, 0) is 24.5 Å². The van der Waals surface area contributed by atoms with E-state index in [-0.39, 0.29) is 10.6 Å². The third kappa shape index (κ3) is 3.63. The van der Waals surface area contributed by atoms with Gasteiger partial charge >= 0.3 is 5.97 Å². The molecule has 1 atom stereocenters. The van der Waals surface area contributed by atoms with Crippen LogP contribution in [0.1, 0.15) is 10.4 Å². The average molecular weight is 290 g/mol. The van der Waals surface area contributed by atoms with Crippen molar-refractivity contribution >= 4 is 35.2 Å². The van der Waals surface area contributed by atoms with Gasteiger partial charge in [-0.3, -0.25) is 4.79 Å². The van der Waals surface area contributed by atoms with E-state index in [1.165, 1.54) is 11.8 Å². The van der Waals surface area contributed by atoms with Gasteiger partial charge in [-0.2, -0.15) is 0 Å². The largest absolute Gasteiger partial charge is 0.480 e. The standard InChI is InChI=1S/C11H12ClNO4S/c1-18-6-2-3-8(12)7(4-6)10(15)13-9(5-14)11(16)17/h2-4,9,14H,5H2,1H3,(H,13,15)(H,16,17)/t9-/m0/s1. The van der Waals surface area contributed by atoms with Crippen LogP contribution in [0.15, 0.2) is 23.1 Å². The maximum atomic E-state index is 11.8. The number of carbonyl (C=O) groups is 2. The van der Waals surface area contributed by atoms with E-state index in [1.54, 1.807) is 18.2 Å². The van der Waals surface area contributed by atoms with E-state index in [4.69, 9.17) is 21.8 Å². The molecule has 0 spiro atoms. The van der Waals surface area contributed by atoms with Crippen LogP contribution >= 0.6 is 23.4 Å². The zero-order chi connectivity index (χ0) is 13.7. The summed E-state index contributed by atoms with van der Waals surface area (Å²) in [7, 11) is 0. The zero-order valence-corrected chi connectivity index (χ0v) is 11.1. The number of thioether (sulfide) groups is 1. The molecule has 5 nitrogen and oxygen atoms in total. The van der Waals surface area contributed by atoms with Gasteiger partial charge in [-0.1, -0.05) is 11.6 Å². The molecule has 0 saturated heterocycles. The van der Waals surface area contributed by atoms with Crippen LogP contribution in [0.3, 0.4) is 0 Å². The fourth-order valence-electron chi connectivity index (χ4n) is 1.23. The zero-order valence-electron chi connectivity index (χ0n) is 9.51. The SMILES string of the molecule is CSc1ccc(Cl)c(C(=O)N[C@@H](CO)C(=O)O)c1. The molecule has 1 amide bonds. The van der Waals surface area contributed by atoms with Gasteiger partial charge in [0.25, 0.3) is 5.91 Å². The van der Waals surface area contributed by atoms with E-state index in [0.29, 0.717) is 0 Å². The van der Waals surface area contributed by atoms with Crippen molar-refractivity contribution in [1.29, 1.82) is 0 Å². The van der Waals surface area contributed by atoms with Gasteiger partial charge in [0.15, 0.2) is 6.04 Å². The Balaban J connectivity index is 2.93. The lowest BCUT2D eigenvalue weighted by atomic mass is 10.2. The number of rotatable bonds is 5. The third-order valence-corrected chi connectivity index (χ3v) is 3.26. The van der Waals surface area contributed by atoms with E-state index in [0.717, 1.165) is 4.90 Å². The molecule has 3 N–H and O–H groups in total. The minimum absolute atomic E-state index is 0.184. The number of carboxylic acid groups (broad SMARTS) is 1. The highest BCUT2D eigenvalue weighted by molar-refractivity contribution is 7.98. The van der Waals surface area contributed by atoms with E-state index in [2.05, 4.69) is 5.32 Å². The molecule has 0 bridgehead atoms. The monoisotopic (exact) mass is 289 g/mol. The van der Waals surface area contributed by atoms with Crippen molar-refractivity contribution in [3.05, 3.63) is 28.8 Å². The average Bonchev–Trinajstić information content (AvgIpc) is 2.35. The molecule has 1 aromatic rings. The first-order valence-corrected chi connectivity index (χ1v) is 6.58. The number of carbonyl (C=O) groups excluding carboxylic acids is 1. The Hall–Kier alpha value is -1.24. The topological polar surface area (TPSA) is 86.6 Å². The number of hydrogen-bond donors (Lipinski definition) is 3. The van der Waals surface area contributed by atoms with Gasteiger partial charge in [0.2, 0.25) is 0 Å². The van der Waals surface area contributed by atoms with Gasteiger partial charge in [-0.15, -0.1) is 11.8 Å². The van der Waals surface area contributed by atoms with Gasteiger partial charge in [-0.25, -0.2) is 4.79 Å². The number of carboxylic acids is 1. The lowest BCUT2D eigenvalue weighted by molar-refractivity contribution is -0.140. The van der Waals surface area contributed by atoms with Crippen LogP contribution in [0, 0.1) is 0 Å². The lowest BCUT2D eigenvalue weighted by Gasteiger charge is -2.12. The number of aliphatic hydroxyl groups excluding tert-OH is 1. The maximum absolute atomic E-state index is 11.8. The van der Waals surface area contributed by atoms with E-state index < -0.39 is 24.5 Å². The smallest absolute Gasteiger partial charge is 0.328 e. The summed E-state index contributed by atoms with van der Waals surface area (Å²) in [6.07, 6.45) is 1.85. The minimum atomic E-state index is -1.34. The first-order chi connectivity index (χ1) is 8.49. The number of amides is 1. The molecule has 98 valence electrons. The van der Waals surface area contributed by atoms with Crippen molar-refractivity contribution < 1.29 is 19.8 Å². The highest BCUT2D eigenvalue weighted by Gasteiger charge is 2.21. The Morgan fingerprint density at radius 3 is 2.67 bits per heavy atom. The van der Waals surface area contributed by atoms with Crippen molar-refractivity contribution in [2.45, 2.75) is 10.9 Å². The summed E-state index contributed by atoms with van der Waals surface area (Å²) in [5, 5.41) is 20.0.